The molecular formula is C25H26N2O2. The molecule has 0 saturated heterocycles. The molecule has 29 heavy (non-hydrogen) atoms. The van der Waals surface area contributed by atoms with Gasteiger partial charge in [-0.05, 0) is 55.7 Å². The maximum absolute atomic E-state index is 5.95. The number of hydrogen-bond donors (Lipinski definition) is 0. The van der Waals surface area contributed by atoms with Crippen LogP contribution in [-0.2, 0) is 6.54 Å². The van der Waals surface area contributed by atoms with Crippen molar-refractivity contribution in [1.82, 2.24) is 9.55 Å². The van der Waals surface area contributed by atoms with E-state index in [9.17, 15) is 0 Å². The fourth-order valence-corrected chi connectivity index (χ4v) is 3.56. The maximum Gasteiger partial charge on any atom is 0.141 e. The van der Waals surface area contributed by atoms with E-state index in [0.29, 0.717) is 6.61 Å². The normalized spacial score (nSPS) is 11.0. The molecule has 1 heterocycles. The Bertz CT molecular complexity index is 1100. The highest BCUT2D eigenvalue weighted by Gasteiger charge is 2.13. The third-order valence-corrected chi connectivity index (χ3v) is 5.11. The molecule has 148 valence electrons. The summed E-state index contributed by atoms with van der Waals surface area (Å²) < 4.78 is 13.7. The van der Waals surface area contributed by atoms with Gasteiger partial charge in [-0.15, -0.1) is 0 Å². The highest BCUT2D eigenvalue weighted by atomic mass is 16.5. The molecule has 0 aliphatic carbocycles. The van der Waals surface area contributed by atoms with Gasteiger partial charge in [-0.2, -0.15) is 0 Å². The van der Waals surface area contributed by atoms with Crippen LogP contribution in [0.1, 0.15) is 18.4 Å². The summed E-state index contributed by atoms with van der Waals surface area (Å²) >= 11 is 0. The third kappa shape index (κ3) is 4.27. The van der Waals surface area contributed by atoms with Gasteiger partial charge in [0.15, 0.2) is 0 Å². The number of hydrogen-bond acceptors (Lipinski definition) is 3. The molecule has 4 nitrogen and oxygen atoms in total. The maximum atomic E-state index is 5.95. The number of rotatable bonds is 8. The van der Waals surface area contributed by atoms with Gasteiger partial charge in [-0.25, -0.2) is 4.98 Å². The second-order valence-electron chi connectivity index (χ2n) is 7.13. The van der Waals surface area contributed by atoms with E-state index in [0.717, 1.165) is 53.3 Å². The van der Waals surface area contributed by atoms with Crippen molar-refractivity contribution in [3.8, 4) is 22.9 Å². The van der Waals surface area contributed by atoms with Crippen molar-refractivity contribution in [2.24, 2.45) is 0 Å². The van der Waals surface area contributed by atoms with Crippen LogP contribution in [0.3, 0.4) is 0 Å². The Morgan fingerprint density at radius 3 is 2.59 bits per heavy atom. The first-order valence-electron chi connectivity index (χ1n) is 10.0. The Labute approximate surface area is 171 Å². The second-order valence-corrected chi connectivity index (χ2v) is 7.13. The van der Waals surface area contributed by atoms with E-state index in [-0.39, 0.29) is 0 Å². The summed E-state index contributed by atoms with van der Waals surface area (Å²) in [5, 5.41) is 0. The van der Waals surface area contributed by atoms with Gasteiger partial charge >= 0.3 is 0 Å². The number of unbranched alkanes of at least 4 members (excludes halogenated alkanes) is 1. The van der Waals surface area contributed by atoms with Crippen molar-refractivity contribution in [3.63, 3.8) is 0 Å². The van der Waals surface area contributed by atoms with Gasteiger partial charge < -0.3 is 14.0 Å². The molecule has 0 aliphatic rings. The first-order chi connectivity index (χ1) is 14.3. The van der Waals surface area contributed by atoms with Gasteiger partial charge in [0.25, 0.3) is 0 Å². The van der Waals surface area contributed by atoms with Gasteiger partial charge in [0, 0.05) is 12.1 Å². The van der Waals surface area contributed by atoms with Gasteiger partial charge in [0.05, 0.1) is 24.8 Å². The lowest BCUT2D eigenvalue weighted by molar-refractivity contribution is 0.302. The van der Waals surface area contributed by atoms with Gasteiger partial charge in [-0.3, -0.25) is 0 Å². The predicted octanol–water partition coefficient (Wildman–Crippen LogP) is 5.88. The lowest BCUT2D eigenvalue weighted by Crippen LogP contribution is -2.04. The number of benzene rings is 3. The fraction of sp³-hybridized carbons (Fsp3) is 0.240. The summed E-state index contributed by atoms with van der Waals surface area (Å²) in [5.41, 5.74) is 4.41. The first-order valence-corrected chi connectivity index (χ1v) is 10.0. The Hall–Kier alpha value is -3.27. The summed E-state index contributed by atoms with van der Waals surface area (Å²) in [6.07, 6.45) is 2.00. The highest BCUT2D eigenvalue weighted by molar-refractivity contribution is 5.80. The van der Waals surface area contributed by atoms with Crippen molar-refractivity contribution in [2.75, 3.05) is 13.7 Å². The third-order valence-electron chi connectivity index (χ3n) is 5.11. The van der Waals surface area contributed by atoms with Crippen molar-refractivity contribution in [2.45, 2.75) is 26.3 Å². The topological polar surface area (TPSA) is 36.3 Å². The summed E-state index contributed by atoms with van der Waals surface area (Å²) in [7, 11) is 1.69. The zero-order valence-corrected chi connectivity index (χ0v) is 17.0. The Kier molecular flexibility index (Phi) is 5.80. The fourth-order valence-electron chi connectivity index (χ4n) is 3.56. The van der Waals surface area contributed by atoms with Crippen LogP contribution in [0.5, 0.6) is 11.5 Å². The molecule has 0 N–H and O–H groups in total. The van der Waals surface area contributed by atoms with E-state index in [1.165, 1.54) is 5.56 Å². The van der Waals surface area contributed by atoms with E-state index in [4.69, 9.17) is 14.5 Å². The average molecular weight is 386 g/mol. The van der Waals surface area contributed by atoms with E-state index < -0.39 is 0 Å². The van der Waals surface area contributed by atoms with Crippen LogP contribution in [0.4, 0.5) is 0 Å². The van der Waals surface area contributed by atoms with E-state index >= 15 is 0 Å². The van der Waals surface area contributed by atoms with Crippen molar-refractivity contribution in [3.05, 3.63) is 78.4 Å². The molecule has 0 fully saturated rings. The van der Waals surface area contributed by atoms with Crippen molar-refractivity contribution < 1.29 is 9.47 Å². The van der Waals surface area contributed by atoms with Gasteiger partial charge in [0.2, 0.25) is 0 Å². The molecule has 0 spiro atoms. The molecule has 0 bridgehead atoms. The quantitative estimate of drug-likeness (QED) is 0.355. The SMILES string of the molecule is COc1cccc(-c2nc3ccccc3n2CCCCOc2ccccc2C)c1. The molecule has 3 aromatic carbocycles. The number of aryl methyl sites for hydroxylation is 2. The second kappa shape index (κ2) is 8.82. The number of imidazole rings is 1. The number of ether oxygens (including phenoxy) is 2. The van der Waals surface area contributed by atoms with Crippen molar-refractivity contribution in [1.29, 1.82) is 0 Å². The monoisotopic (exact) mass is 386 g/mol. The lowest BCUT2D eigenvalue weighted by atomic mass is 10.2. The molecule has 0 atom stereocenters. The molecule has 4 rings (SSSR count). The number of para-hydroxylation sites is 3. The standard InChI is InChI=1S/C25H26N2O2/c1-19-10-3-6-15-24(19)29-17-8-7-16-27-23-14-5-4-13-22(23)26-25(27)20-11-9-12-21(18-20)28-2/h3-6,9-15,18H,7-8,16-17H2,1-2H3. The van der Waals surface area contributed by atoms with Crippen LogP contribution >= 0.6 is 0 Å². The van der Waals surface area contributed by atoms with Crippen LogP contribution in [0.25, 0.3) is 22.4 Å². The predicted molar refractivity (Wildman–Crippen MR) is 118 cm³/mol. The van der Waals surface area contributed by atoms with Crippen LogP contribution < -0.4 is 9.47 Å². The first kappa shape index (κ1) is 19.1. The number of nitrogens with zero attached hydrogens (tertiary/aromatic N) is 2. The molecule has 0 aliphatic heterocycles. The van der Waals surface area contributed by atoms with Crippen LogP contribution in [0.15, 0.2) is 72.8 Å². The number of aromatic nitrogens is 2. The lowest BCUT2D eigenvalue weighted by Gasteiger charge is -2.11. The number of methoxy groups -OCH3 is 1. The van der Waals surface area contributed by atoms with Gasteiger partial charge in [-0.1, -0.05) is 42.5 Å². The summed E-state index contributed by atoms with van der Waals surface area (Å²) in [4.78, 5) is 4.89. The number of fused-ring (bicyclic) bond motifs is 1. The zero-order valence-electron chi connectivity index (χ0n) is 17.0. The van der Waals surface area contributed by atoms with Gasteiger partial charge in [0.1, 0.15) is 17.3 Å². The minimum Gasteiger partial charge on any atom is -0.497 e. The summed E-state index contributed by atoms with van der Waals surface area (Å²) in [6, 6.07) is 24.5. The zero-order chi connectivity index (χ0) is 20.1. The Morgan fingerprint density at radius 2 is 1.72 bits per heavy atom. The summed E-state index contributed by atoms with van der Waals surface area (Å²) in [6.45, 7) is 3.68. The molecule has 0 amide bonds. The van der Waals surface area contributed by atoms with Crippen LogP contribution in [0.2, 0.25) is 0 Å². The van der Waals surface area contributed by atoms with Crippen molar-refractivity contribution >= 4 is 11.0 Å². The van der Waals surface area contributed by atoms with Crippen LogP contribution in [0, 0.1) is 6.92 Å². The van der Waals surface area contributed by atoms with Crippen LogP contribution in [-0.4, -0.2) is 23.3 Å². The molecular weight excluding hydrogens is 360 g/mol. The molecule has 0 unspecified atom stereocenters. The molecule has 1 aromatic heterocycles. The Morgan fingerprint density at radius 1 is 0.897 bits per heavy atom. The summed E-state index contributed by atoms with van der Waals surface area (Å²) in [5.74, 6) is 2.79. The minimum absolute atomic E-state index is 0.714. The molecule has 0 saturated carbocycles. The van der Waals surface area contributed by atoms with E-state index in [1.54, 1.807) is 7.11 Å². The molecule has 0 radical (unpaired) electrons. The van der Waals surface area contributed by atoms with E-state index in [1.807, 2.05) is 42.5 Å². The minimum atomic E-state index is 0.714. The smallest absolute Gasteiger partial charge is 0.141 e. The molecule has 4 heteroatoms. The molecule has 4 aromatic rings. The van der Waals surface area contributed by atoms with E-state index in [2.05, 4.69) is 41.8 Å². The average Bonchev–Trinajstić information content (AvgIpc) is 3.13. The highest BCUT2D eigenvalue weighted by Crippen LogP contribution is 2.28. The largest absolute Gasteiger partial charge is 0.497 e. The Balaban J connectivity index is 1.49.